The van der Waals surface area contributed by atoms with Gasteiger partial charge in [-0.15, -0.1) is 11.3 Å². The molecule has 2 N–H and O–H groups in total. The smallest absolute Gasteiger partial charge is 0.319 e. The van der Waals surface area contributed by atoms with Crippen molar-refractivity contribution in [3.63, 3.8) is 0 Å². The SMILES string of the molecule is Cc1ccnn1-c1cccc(NC(=O)NC(C)c2ccc(Cl)s2)c1. The minimum atomic E-state index is -0.263. The summed E-state index contributed by atoms with van der Waals surface area (Å²) in [4.78, 5) is 13.2. The van der Waals surface area contributed by atoms with Crippen molar-refractivity contribution in [1.82, 2.24) is 15.1 Å². The van der Waals surface area contributed by atoms with E-state index in [1.54, 1.807) is 6.20 Å². The molecule has 2 amide bonds. The van der Waals surface area contributed by atoms with E-state index in [0.29, 0.717) is 10.0 Å². The van der Waals surface area contributed by atoms with Crippen LogP contribution in [0.25, 0.3) is 5.69 Å². The largest absolute Gasteiger partial charge is 0.331 e. The molecular formula is C17H17ClN4OS. The molecule has 0 saturated heterocycles. The molecule has 24 heavy (non-hydrogen) atoms. The Morgan fingerprint density at radius 1 is 1.29 bits per heavy atom. The Kier molecular flexibility index (Phi) is 4.87. The second-order valence-corrected chi connectivity index (χ2v) is 7.14. The van der Waals surface area contributed by atoms with E-state index < -0.39 is 0 Å². The van der Waals surface area contributed by atoms with E-state index >= 15 is 0 Å². The maximum atomic E-state index is 12.2. The molecule has 3 rings (SSSR count). The van der Waals surface area contributed by atoms with Gasteiger partial charge in [-0.05, 0) is 50.2 Å². The number of amides is 2. The first-order chi connectivity index (χ1) is 11.5. The number of nitrogens with zero attached hydrogens (tertiary/aromatic N) is 2. The summed E-state index contributed by atoms with van der Waals surface area (Å²) in [5.74, 6) is 0. The van der Waals surface area contributed by atoms with Crippen LogP contribution in [0.3, 0.4) is 0 Å². The Bertz CT molecular complexity index is 858. The molecule has 0 saturated carbocycles. The molecule has 0 aliphatic carbocycles. The number of aromatic nitrogens is 2. The number of halogens is 1. The minimum absolute atomic E-state index is 0.112. The van der Waals surface area contributed by atoms with Crippen LogP contribution in [0.1, 0.15) is 23.5 Å². The Labute approximate surface area is 149 Å². The van der Waals surface area contributed by atoms with Crippen LogP contribution in [0.2, 0.25) is 4.34 Å². The Morgan fingerprint density at radius 3 is 2.79 bits per heavy atom. The van der Waals surface area contributed by atoms with Gasteiger partial charge in [0.15, 0.2) is 0 Å². The molecule has 2 aromatic heterocycles. The first-order valence-corrected chi connectivity index (χ1v) is 8.66. The molecule has 3 aromatic rings. The zero-order valence-electron chi connectivity index (χ0n) is 13.3. The lowest BCUT2D eigenvalue weighted by Crippen LogP contribution is -2.30. The predicted molar refractivity (Wildman–Crippen MR) is 98.2 cm³/mol. The van der Waals surface area contributed by atoms with Crippen LogP contribution in [0.5, 0.6) is 0 Å². The second kappa shape index (κ2) is 7.07. The van der Waals surface area contributed by atoms with Crippen LogP contribution >= 0.6 is 22.9 Å². The monoisotopic (exact) mass is 360 g/mol. The van der Waals surface area contributed by atoms with Crippen molar-refractivity contribution in [2.45, 2.75) is 19.9 Å². The highest BCUT2D eigenvalue weighted by molar-refractivity contribution is 7.16. The van der Waals surface area contributed by atoms with Gasteiger partial charge >= 0.3 is 6.03 Å². The molecule has 0 fully saturated rings. The maximum absolute atomic E-state index is 12.2. The lowest BCUT2D eigenvalue weighted by Gasteiger charge is -2.14. The first kappa shape index (κ1) is 16.5. The molecule has 5 nitrogen and oxygen atoms in total. The Hall–Kier alpha value is -2.31. The lowest BCUT2D eigenvalue weighted by atomic mass is 10.2. The van der Waals surface area contributed by atoms with Crippen LogP contribution in [-0.2, 0) is 0 Å². The van der Waals surface area contributed by atoms with E-state index in [-0.39, 0.29) is 12.1 Å². The number of thiophene rings is 1. The molecule has 2 heterocycles. The molecule has 0 bridgehead atoms. The van der Waals surface area contributed by atoms with Crippen molar-refractivity contribution in [1.29, 1.82) is 0 Å². The van der Waals surface area contributed by atoms with Crippen molar-refractivity contribution in [3.05, 3.63) is 63.6 Å². The van der Waals surface area contributed by atoms with Crippen LogP contribution in [-0.4, -0.2) is 15.8 Å². The number of carbonyl (C=O) groups excluding carboxylic acids is 1. The number of anilines is 1. The third-order valence-corrected chi connectivity index (χ3v) is 4.96. The van der Waals surface area contributed by atoms with Gasteiger partial charge in [-0.3, -0.25) is 0 Å². The zero-order chi connectivity index (χ0) is 17.1. The lowest BCUT2D eigenvalue weighted by molar-refractivity contribution is 0.249. The van der Waals surface area contributed by atoms with Crippen molar-refractivity contribution in [3.8, 4) is 5.69 Å². The number of benzene rings is 1. The third-order valence-electron chi connectivity index (χ3n) is 3.55. The summed E-state index contributed by atoms with van der Waals surface area (Å²) in [6.07, 6.45) is 1.75. The molecule has 0 aliphatic heterocycles. The standard InChI is InChI=1S/C17H17ClN4OS/c1-11-8-9-19-22(11)14-5-3-4-13(10-14)21-17(23)20-12(2)15-6-7-16(18)24-15/h3-10,12H,1-2H3,(H2,20,21,23). The van der Waals surface area contributed by atoms with Crippen molar-refractivity contribution < 1.29 is 4.79 Å². The third kappa shape index (κ3) is 3.77. The van der Waals surface area contributed by atoms with Crippen molar-refractivity contribution in [2.24, 2.45) is 0 Å². The molecule has 1 unspecified atom stereocenters. The fourth-order valence-corrected chi connectivity index (χ4v) is 3.41. The Morgan fingerprint density at radius 2 is 2.12 bits per heavy atom. The summed E-state index contributed by atoms with van der Waals surface area (Å²) < 4.78 is 2.53. The highest BCUT2D eigenvalue weighted by atomic mass is 35.5. The second-order valence-electron chi connectivity index (χ2n) is 5.40. The van der Waals surface area contributed by atoms with Gasteiger partial charge in [0.1, 0.15) is 0 Å². The topological polar surface area (TPSA) is 59.0 Å². The summed E-state index contributed by atoms with van der Waals surface area (Å²) in [6.45, 7) is 3.90. The molecule has 1 atom stereocenters. The van der Waals surface area contributed by atoms with Crippen LogP contribution in [0, 0.1) is 6.92 Å². The summed E-state index contributed by atoms with van der Waals surface area (Å²) in [6, 6.07) is 12.8. The van der Waals surface area contributed by atoms with Gasteiger partial charge in [-0.25, -0.2) is 9.48 Å². The van der Waals surface area contributed by atoms with Crippen LogP contribution in [0.15, 0.2) is 48.7 Å². The maximum Gasteiger partial charge on any atom is 0.319 e. The minimum Gasteiger partial charge on any atom is -0.331 e. The fraction of sp³-hybridized carbons (Fsp3) is 0.176. The van der Waals surface area contributed by atoms with Crippen LogP contribution < -0.4 is 10.6 Å². The molecule has 0 spiro atoms. The van der Waals surface area contributed by atoms with Crippen LogP contribution in [0.4, 0.5) is 10.5 Å². The number of rotatable bonds is 4. The molecule has 124 valence electrons. The van der Waals surface area contributed by atoms with Crippen molar-refractivity contribution in [2.75, 3.05) is 5.32 Å². The van der Waals surface area contributed by atoms with Gasteiger partial charge in [-0.1, -0.05) is 17.7 Å². The number of hydrogen-bond donors (Lipinski definition) is 2. The first-order valence-electron chi connectivity index (χ1n) is 7.47. The number of hydrogen-bond acceptors (Lipinski definition) is 3. The van der Waals surface area contributed by atoms with E-state index in [9.17, 15) is 4.79 Å². The molecule has 0 radical (unpaired) electrons. The summed E-state index contributed by atoms with van der Waals surface area (Å²) in [5, 5.41) is 10.0. The van der Waals surface area contributed by atoms with Gasteiger partial charge in [0.2, 0.25) is 0 Å². The van der Waals surface area contributed by atoms with E-state index in [1.165, 1.54) is 11.3 Å². The van der Waals surface area contributed by atoms with E-state index in [1.807, 2.05) is 61.0 Å². The quantitative estimate of drug-likeness (QED) is 0.703. The van der Waals surface area contributed by atoms with E-state index in [2.05, 4.69) is 15.7 Å². The number of nitrogens with one attached hydrogen (secondary N) is 2. The predicted octanol–water partition coefficient (Wildman–Crippen LogP) is 4.78. The highest BCUT2D eigenvalue weighted by Crippen LogP contribution is 2.26. The number of aryl methyl sites for hydroxylation is 1. The average molecular weight is 361 g/mol. The fourth-order valence-electron chi connectivity index (χ4n) is 2.35. The highest BCUT2D eigenvalue weighted by Gasteiger charge is 2.12. The molecule has 1 aromatic carbocycles. The average Bonchev–Trinajstić information content (AvgIpc) is 3.16. The van der Waals surface area contributed by atoms with Gasteiger partial charge in [-0.2, -0.15) is 5.10 Å². The Balaban J connectivity index is 1.67. The zero-order valence-corrected chi connectivity index (χ0v) is 14.9. The van der Waals surface area contributed by atoms with E-state index in [4.69, 9.17) is 11.6 Å². The van der Waals surface area contributed by atoms with Gasteiger partial charge in [0.05, 0.1) is 16.1 Å². The number of urea groups is 1. The normalized spacial score (nSPS) is 12.0. The summed E-state index contributed by atoms with van der Waals surface area (Å²) >= 11 is 7.39. The number of carbonyl (C=O) groups is 1. The van der Waals surface area contributed by atoms with E-state index in [0.717, 1.165) is 16.3 Å². The van der Waals surface area contributed by atoms with Gasteiger partial charge in [0, 0.05) is 22.5 Å². The summed E-state index contributed by atoms with van der Waals surface area (Å²) in [7, 11) is 0. The van der Waals surface area contributed by atoms with Crippen molar-refractivity contribution >= 4 is 34.7 Å². The molecular weight excluding hydrogens is 344 g/mol. The molecule has 0 aliphatic rings. The van der Waals surface area contributed by atoms with Gasteiger partial charge in [0.25, 0.3) is 0 Å². The molecule has 7 heteroatoms. The van der Waals surface area contributed by atoms with Gasteiger partial charge < -0.3 is 10.6 Å². The summed E-state index contributed by atoms with van der Waals surface area (Å²) in [5.41, 5.74) is 2.63.